The molecule has 0 aromatic heterocycles. The van der Waals surface area contributed by atoms with Crippen molar-refractivity contribution in [2.75, 3.05) is 12.4 Å². The van der Waals surface area contributed by atoms with Crippen molar-refractivity contribution < 1.29 is 4.74 Å². The Bertz CT molecular complexity index is 625. The second kappa shape index (κ2) is 6.78. The maximum absolute atomic E-state index is 8.75. The molecule has 3 nitrogen and oxygen atoms in total. The monoisotopic (exact) mass is 394 g/mol. The van der Waals surface area contributed by atoms with Gasteiger partial charge in [0.1, 0.15) is 5.75 Å². The summed E-state index contributed by atoms with van der Waals surface area (Å²) in [4.78, 5) is 0. The molecule has 0 atom stereocenters. The number of benzene rings is 2. The Morgan fingerprint density at radius 1 is 1.15 bits per heavy atom. The van der Waals surface area contributed by atoms with Crippen molar-refractivity contribution in [3.05, 3.63) is 56.5 Å². The summed E-state index contributed by atoms with van der Waals surface area (Å²) in [6.07, 6.45) is 0. The molecule has 0 radical (unpaired) electrons. The van der Waals surface area contributed by atoms with Gasteiger partial charge < -0.3 is 10.1 Å². The first-order valence-electron chi connectivity index (χ1n) is 5.90. The first-order chi connectivity index (χ1) is 9.63. The molecule has 0 saturated carbocycles. The van der Waals surface area contributed by atoms with E-state index in [-0.39, 0.29) is 0 Å². The van der Waals surface area contributed by atoms with Crippen molar-refractivity contribution in [1.82, 2.24) is 0 Å². The summed E-state index contributed by atoms with van der Waals surface area (Å²) in [5.74, 6) is 0.784. The molecular formula is C15H12Br2N2O. The molecule has 2 aromatic rings. The van der Waals surface area contributed by atoms with Crippen LogP contribution in [-0.4, -0.2) is 7.11 Å². The van der Waals surface area contributed by atoms with E-state index in [1.165, 1.54) is 0 Å². The van der Waals surface area contributed by atoms with E-state index in [1.54, 1.807) is 19.2 Å². The largest absolute Gasteiger partial charge is 0.494 e. The molecule has 0 spiro atoms. The van der Waals surface area contributed by atoms with E-state index in [1.807, 2.05) is 24.3 Å². The van der Waals surface area contributed by atoms with E-state index >= 15 is 0 Å². The van der Waals surface area contributed by atoms with Crippen LogP contribution in [0.4, 0.5) is 5.69 Å². The van der Waals surface area contributed by atoms with Crippen LogP contribution in [-0.2, 0) is 6.54 Å². The molecule has 0 amide bonds. The summed E-state index contributed by atoms with van der Waals surface area (Å²) in [5, 5.41) is 12.1. The standard InChI is InChI=1S/C15H12Br2N2O/c1-20-15-13(16)6-11(7-14(15)17)9-19-12-4-2-10(8-18)3-5-12/h2-7,19H,9H2,1H3. The third kappa shape index (κ3) is 3.53. The number of anilines is 1. The minimum Gasteiger partial charge on any atom is -0.494 e. The Morgan fingerprint density at radius 2 is 1.75 bits per heavy atom. The van der Waals surface area contributed by atoms with E-state index in [2.05, 4.69) is 43.2 Å². The first kappa shape index (κ1) is 14.9. The number of hydrogen-bond donors (Lipinski definition) is 1. The SMILES string of the molecule is COc1c(Br)cc(CNc2ccc(C#N)cc2)cc1Br. The lowest BCUT2D eigenvalue weighted by Gasteiger charge is -2.11. The molecule has 0 fully saturated rings. The average molecular weight is 396 g/mol. The Hall–Kier alpha value is -1.51. The third-order valence-corrected chi connectivity index (χ3v) is 3.95. The maximum Gasteiger partial charge on any atom is 0.147 e. The predicted molar refractivity (Wildman–Crippen MR) is 86.9 cm³/mol. The lowest BCUT2D eigenvalue weighted by Crippen LogP contribution is -2.00. The fourth-order valence-corrected chi connectivity index (χ4v) is 3.38. The van der Waals surface area contributed by atoms with E-state index in [9.17, 15) is 0 Å². The van der Waals surface area contributed by atoms with Crippen molar-refractivity contribution in [2.45, 2.75) is 6.54 Å². The smallest absolute Gasteiger partial charge is 0.147 e. The van der Waals surface area contributed by atoms with Gasteiger partial charge in [0.25, 0.3) is 0 Å². The summed E-state index contributed by atoms with van der Waals surface area (Å²) < 4.78 is 7.09. The highest BCUT2D eigenvalue weighted by molar-refractivity contribution is 9.11. The Labute approximate surface area is 134 Å². The summed E-state index contributed by atoms with van der Waals surface area (Å²) in [6.45, 7) is 0.688. The van der Waals surface area contributed by atoms with Gasteiger partial charge in [-0.25, -0.2) is 0 Å². The zero-order valence-corrected chi connectivity index (χ0v) is 14.0. The van der Waals surface area contributed by atoms with Gasteiger partial charge in [-0.3, -0.25) is 0 Å². The van der Waals surface area contributed by atoms with Crippen LogP contribution in [0.5, 0.6) is 5.75 Å². The van der Waals surface area contributed by atoms with Gasteiger partial charge in [0, 0.05) is 12.2 Å². The summed E-state index contributed by atoms with van der Waals surface area (Å²) in [7, 11) is 1.64. The molecule has 0 heterocycles. The Balaban J connectivity index is 2.09. The molecular weight excluding hydrogens is 384 g/mol. The zero-order valence-electron chi connectivity index (χ0n) is 10.8. The fraction of sp³-hybridized carbons (Fsp3) is 0.133. The highest BCUT2D eigenvalue weighted by atomic mass is 79.9. The molecule has 0 aliphatic heterocycles. The lowest BCUT2D eigenvalue weighted by atomic mass is 10.2. The molecule has 0 bridgehead atoms. The minimum absolute atomic E-state index is 0.658. The number of halogens is 2. The molecule has 0 unspecified atom stereocenters. The van der Waals surface area contributed by atoms with E-state index in [0.29, 0.717) is 12.1 Å². The van der Waals surface area contributed by atoms with Crippen molar-refractivity contribution in [3.63, 3.8) is 0 Å². The van der Waals surface area contributed by atoms with Gasteiger partial charge in [-0.1, -0.05) is 0 Å². The lowest BCUT2D eigenvalue weighted by molar-refractivity contribution is 0.409. The molecule has 2 rings (SSSR count). The van der Waals surface area contributed by atoms with Gasteiger partial charge in [-0.05, 0) is 73.8 Å². The molecule has 0 aliphatic carbocycles. The van der Waals surface area contributed by atoms with Crippen LogP contribution >= 0.6 is 31.9 Å². The van der Waals surface area contributed by atoms with E-state index < -0.39 is 0 Å². The number of nitrogens with zero attached hydrogens (tertiary/aromatic N) is 1. The van der Waals surface area contributed by atoms with Crippen LogP contribution in [0.15, 0.2) is 45.3 Å². The van der Waals surface area contributed by atoms with Crippen molar-refractivity contribution >= 4 is 37.5 Å². The average Bonchev–Trinajstić information content (AvgIpc) is 2.45. The van der Waals surface area contributed by atoms with Crippen LogP contribution in [0.2, 0.25) is 0 Å². The number of hydrogen-bond acceptors (Lipinski definition) is 3. The van der Waals surface area contributed by atoms with Gasteiger partial charge in [-0.2, -0.15) is 5.26 Å². The molecule has 102 valence electrons. The van der Waals surface area contributed by atoms with Gasteiger partial charge in [0.15, 0.2) is 0 Å². The van der Waals surface area contributed by atoms with Gasteiger partial charge in [-0.15, -0.1) is 0 Å². The number of methoxy groups -OCH3 is 1. The Morgan fingerprint density at radius 3 is 2.25 bits per heavy atom. The highest BCUT2D eigenvalue weighted by Crippen LogP contribution is 2.34. The predicted octanol–water partition coefficient (Wildman–Crippen LogP) is 4.70. The molecule has 1 N–H and O–H groups in total. The number of rotatable bonds is 4. The second-order valence-corrected chi connectivity index (χ2v) is 5.84. The minimum atomic E-state index is 0.658. The van der Waals surface area contributed by atoms with Gasteiger partial charge in [0.05, 0.1) is 27.7 Å². The summed E-state index contributed by atoms with van der Waals surface area (Å²) in [6, 6.07) is 13.5. The van der Waals surface area contributed by atoms with Gasteiger partial charge >= 0.3 is 0 Å². The maximum atomic E-state index is 8.75. The highest BCUT2D eigenvalue weighted by Gasteiger charge is 2.07. The van der Waals surface area contributed by atoms with Crippen molar-refractivity contribution in [3.8, 4) is 11.8 Å². The topological polar surface area (TPSA) is 45.0 Å². The number of ether oxygens (including phenoxy) is 1. The van der Waals surface area contributed by atoms with Gasteiger partial charge in [0.2, 0.25) is 0 Å². The first-order valence-corrected chi connectivity index (χ1v) is 7.48. The molecule has 5 heteroatoms. The molecule has 2 aromatic carbocycles. The van der Waals surface area contributed by atoms with Crippen LogP contribution in [0.25, 0.3) is 0 Å². The van der Waals surface area contributed by atoms with Crippen LogP contribution in [0.1, 0.15) is 11.1 Å². The Kier molecular flexibility index (Phi) is 5.05. The fourth-order valence-electron chi connectivity index (χ4n) is 1.78. The quantitative estimate of drug-likeness (QED) is 0.815. The summed E-state index contributed by atoms with van der Waals surface area (Å²) >= 11 is 6.97. The van der Waals surface area contributed by atoms with E-state index in [0.717, 1.165) is 25.9 Å². The van der Waals surface area contributed by atoms with Crippen molar-refractivity contribution in [2.24, 2.45) is 0 Å². The van der Waals surface area contributed by atoms with Crippen LogP contribution in [0.3, 0.4) is 0 Å². The third-order valence-electron chi connectivity index (χ3n) is 2.77. The number of nitriles is 1. The second-order valence-electron chi connectivity index (χ2n) is 4.14. The summed E-state index contributed by atoms with van der Waals surface area (Å²) in [5.41, 5.74) is 2.76. The number of nitrogens with one attached hydrogen (secondary N) is 1. The van der Waals surface area contributed by atoms with E-state index in [4.69, 9.17) is 10.00 Å². The molecule has 0 aliphatic rings. The van der Waals surface area contributed by atoms with Crippen molar-refractivity contribution in [1.29, 1.82) is 5.26 Å². The van der Waals surface area contributed by atoms with Crippen LogP contribution in [0, 0.1) is 11.3 Å². The van der Waals surface area contributed by atoms with Crippen LogP contribution < -0.4 is 10.1 Å². The molecule has 0 saturated heterocycles. The molecule has 20 heavy (non-hydrogen) atoms. The zero-order chi connectivity index (χ0) is 14.5. The normalized spacial score (nSPS) is 9.90.